The molecule has 2 amide bonds. The minimum absolute atomic E-state index is 0.0321. The molecule has 6 rings (SSSR count). The molecular formula is C37H41N7O4. The Bertz CT molecular complexity index is 1890. The molecule has 48 heavy (non-hydrogen) atoms. The zero-order chi connectivity index (χ0) is 33.1. The van der Waals surface area contributed by atoms with E-state index in [1.54, 1.807) is 24.7 Å². The summed E-state index contributed by atoms with van der Waals surface area (Å²) < 4.78 is 9.67. The van der Waals surface area contributed by atoms with Crippen LogP contribution in [0.15, 0.2) is 96.6 Å². The molecule has 2 bridgehead atoms. The Balaban J connectivity index is 1.17. The van der Waals surface area contributed by atoms with Crippen LogP contribution in [0.4, 0.5) is 0 Å². The van der Waals surface area contributed by atoms with Gasteiger partial charge in [0.05, 0.1) is 23.8 Å². The molecule has 0 aliphatic carbocycles. The minimum atomic E-state index is -0.153. The predicted octanol–water partition coefficient (Wildman–Crippen LogP) is 4.60. The maximum Gasteiger partial charge on any atom is 0.261 e. The van der Waals surface area contributed by atoms with Gasteiger partial charge >= 0.3 is 0 Å². The standard InChI is InChI=1S/C37H41N7O4/c45-34(12-11-29-13-16-38-17-14-29)41-19-3-4-20-42(35(46)15-22-44-28-40-33-10-2-1-9-32(33)37(44)47)24-25-43-23-18-39-36(43)30-7-5-8-31(27-30)48-26-6-21-41/h1-2,5,7-10,13-14,16-18,23,27-28H,3-4,6,11-12,15,19-22,24-26H2. The van der Waals surface area contributed by atoms with Crippen LogP contribution in [-0.2, 0) is 29.1 Å². The van der Waals surface area contributed by atoms with Crippen molar-refractivity contribution in [1.29, 1.82) is 0 Å². The fraction of sp³-hybridized carbons (Fsp3) is 0.351. The van der Waals surface area contributed by atoms with Crippen molar-refractivity contribution in [2.75, 3.05) is 32.8 Å². The highest BCUT2D eigenvalue weighted by molar-refractivity contribution is 5.78. The monoisotopic (exact) mass is 647 g/mol. The van der Waals surface area contributed by atoms with Crippen LogP contribution in [0.1, 0.15) is 37.7 Å². The van der Waals surface area contributed by atoms with Gasteiger partial charge in [-0.3, -0.25) is 23.9 Å². The first-order valence-electron chi connectivity index (χ1n) is 16.7. The Kier molecular flexibility index (Phi) is 10.9. The number of benzene rings is 2. The number of pyridine rings is 1. The van der Waals surface area contributed by atoms with E-state index in [1.807, 2.05) is 70.6 Å². The molecule has 5 aromatic rings. The lowest BCUT2D eigenvalue weighted by Crippen LogP contribution is -2.37. The first kappa shape index (κ1) is 32.6. The van der Waals surface area contributed by atoms with Gasteiger partial charge in [-0.1, -0.05) is 24.3 Å². The molecule has 0 radical (unpaired) electrons. The van der Waals surface area contributed by atoms with E-state index in [2.05, 4.69) is 19.5 Å². The summed E-state index contributed by atoms with van der Waals surface area (Å²) in [5.74, 6) is 1.63. The summed E-state index contributed by atoms with van der Waals surface area (Å²) >= 11 is 0. The second-order valence-corrected chi connectivity index (χ2v) is 12.0. The van der Waals surface area contributed by atoms with Crippen LogP contribution in [0, 0.1) is 0 Å². The van der Waals surface area contributed by atoms with Crippen LogP contribution >= 0.6 is 0 Å². The number of amides is 2. The van der Waals surface area contributed by atoms with E-state index < -0.39 is 0 Å². The van der Waals surface area contributed by atoms with Crippen molar-refractivity contribution in [3.8, 4) is 17.1 Å². The van der Waals surface area contributed by atoms with Crippen molar-refractivity contribution >= 4 is 22.7 Å². The lowest BCUT2D eigenvalue weighted by molar-refractivity contribution is -0.133. The van der Waals surface area contributed by atoms with Gasteiger partial charge in [0.25, 0.3) is 5.56 Å². The van der Waals surface area contributed by atoms with Crippen molar-refractivity contribution in [2.24, 2.45) is 0 Å². The van der Waals surface area contributed by atoms with Gasteiger partial charge in [0.15, 0.2) is 0 Å². The average Bonchev–Trinajstić information content (AvgIpc) is 3.60. The zero-order valence-corrected chi connectivity index (χ0v) is 27.1. The molecule has 3 aromatic heterocycles. The summed E-state index contributed by atoms with van der Waals surface area (Å²) in [7, 11) is 0. The molecule has 248 valence electrons. The second-order valence-electron chi connectivity index (χ2n) is 12.0. The third-order valence-electron chi connectivity index (χ3n) is 8.75. The molecule has 1 aliphatic heterocycles. The second kappa shape index (κ2) is 16.0. The number of hydrogen-bond donors (Lipinski definition) is 0. The van der Waals surface area contributed by atoms with Crippen LogP contribution in [0.3, 0.4) is 0 Å². The molecule has 1 aliphatic rings. The average molecular weight is 648 g/mol. The van der Waals surface area contributed by atoms with Gasteiger partial charge in [0.1, 0.15) is 11.6 Å². The highest BCUT2D eigenvalue weighted by Gasteiger charge is 2.18. The molecule has 2 aromatic carbocycles. The molecule has 11 heteroatoms. The van der Waals surface area contributed by atoms with Crippen molar-refractivity contribution in [1.82, 2.24) is 33.9 Å². The van der Waals surface area contributed by atoms with Crippen LogP contribution in [0.5, 0.6) is 5.75 Å². The van der Waals surface area contributed by atoms with Crippen LogP contribution < -0.4 is 10.3 Å². The molecule has 4 heterocycles. The van der Waals surface area contributed by atoms with E-state index in [-0.39, 0.29) is 30.3 Å². The van der Waals surface area contributed by atoms with Crippen LogP contribution in [0.25, 0.3) is 22.3 Å². The van der Waals surface area contributed by atoms with Crippen molar-refractivity contribution in [2.45, 2.75) is 51.6 Å². The molecule has 11 nitrogen and oxygen atoms in total. The van der Waals surface area contributed by atoms with Crippen molar-refractivity contribution < 1.29 is 14.3 Å². The first-order valence-corrected chi connectivity index (χ1v) is 16.7. The number of para-hydroxylation sites is 1. The Morgan fingerprint density at radius 3 is 2.40 bits per heavy atom. The van der Waals surface area contributed by atoms with Crippen LogP contribution in [0.2, 0.25) is 0 Å². The van der Waals surface area contributed by atoms with E-state index in [4.69, 9.17) is 4.74 Å². The minimum Gasteiger partial charge on any atom is -0.494 e. The summed E-state index contributed by atoms with van der Waals surface area (Å²) in [4.78, 5) is 57.0. The number of aromatic nitrogens is 5. The number of carbonyl (C=O) groups is 2. The molecule has 0 saturated carbocycles. The Hall–Kier alpha value is -5.32. The maximum atomic E-state index is 13.7. The predicted molar refractivity (Wildman–Crippen MR) is 183 cm³/mol. The number of nitrogens with zero attached hydrogens (tertiary/aromatic N) is 7. The highest BCUT2D eigenvalue weighted by Crippen LogP contribution is 2.23. The quantitative estimate of drug-likeness (QED) is 0.265. The SMILES string of the molecule is O=C(CCc1ccncc1)N1CCCCN(C(=O)CCn2cnc3ccccc3c2=O)CCn2ccnc2-c2cccc(c2)OCCC1. The number of aryl methyl sites for hydroxylation is 2. The van der Waals surface area contributed by atoms with Gasteiger partial charge in [-0.05, 0) is 67.6 Å². The van der Waals surface area contributed by atoms with Gasteiger partial charge in [0.2, 0.25) is 11.8 Å². The topological polar surface area (TPSA) is 115 Å². The third kappa shape index (κ3) is 8.33. The summed E-state index contributed by atoms with van der Waals surface area (Å²) in [5.41, 5.74) is 2.50. The molecule has 0 spiro atoms. The third-order valence-corrected chi connectivity index (χ3v) is 8.75. The largest absolute Gasteiger partial charge is 0.494 e. The number of ether oxygens (including phenoxy) is 1. The van der Waals surface area contributed by atoms with Crippen molar-refractivity contribution in [3.05, 3.63) is 108 Å². The number of carbonyl (C=O) groups excluding carboxylic acids is 2. The lowest BCUT2D eigenvalue weighted by atomic mass is 10.1. The normalized spacial score (nSPS) is 14.6. The van der Waals surface area contributed by atoms with Crippen LogP contribution in [-0.4, -0.2) is 78.5 Å². The smallest absolute Gasteiger partial charge is 0.261 e. The zero-order valence-electron chi connectivity index (χ0n) is 27.1. The number of imidazole rings is 1. The number of hydrogen-bond acceptors (Lipinski definition) is 7. The number of rotatable bonds is 6. The molecule has 0 unspecified atom stereocenters. The Morgan fingerprint density at radius 1 is 0.771 bits per heavy atom. The van der Waals surface area contributed by atoms with Gasteiger partial charge in [0, 0.05) is 82.5 Å². The Morgan fingerprint density at radius 2 is 1.54 bits per heavy atom. The van der Waals surface area contributed by atoms with E-state index in [0.717, 1.165) is 35.5 Å². The molecular weight excluding hydrogens is 606 g/mol. The van der Waals surface area contributed by atoms with E-state index >= 15 is 0 Å². The van der Waals surface area contributed by atoms with E-state index in [0.29, 0.717) is 69.5 Å². The summed E-state index contributed by atoms with van der Waals surface area (Å²) in [6.45, 7) is 3.53. The Labute approximate surface area is 279 Å². The van der Waals surface area contributed by atoms with Gasteiger partial charge < -0.3 is 19.1 Å². The highest BCUT2D eigenvalue weighted by atomic mass is 16.5. The first-order chi connectivity index (χ1) is 23.5. The van der Waals surface area contributed by atoms with Crippen molar-refractivity contribution in [3.63, 3.8) is 0 Å². The fourth-order valence-electron chi connectivity index (χ4n) is 6.07. The molecule has 0 fully saturated rings. The van der Waals surface area contributed by atoms with E-state index in [9.17, 15) is 14.4 Å². The van der Waals surface area contributed by atoms with Gasteiger partial charge in [-0.25, -0.2) is 9.97 Å². The summed E-state index contributed by atoms with van der Waals surface area (Å²) in [6.07, 6.45) is 12.2. The maximum absolute atomic E-state index is 13.7. The van der Waals surface area contributed by atoms with Gasteiger partial charge in [-0.15, -0.1) is 0 Å². The summed E-state index contributed by atoms with van der Waals surface area (Å²) in [6, 6.07) is 19.0. The fourth-order valence-corrected chi connectivity index (χ4v) is 6.07. The summed E-state index contributed by atoms with van der Waals surface area (Å²) in [5, 5.41) is 0.537. The molecule has 0 saturated heterocycles. The lowest BCUT2D eigenvalue weighted by Gasteiger charge is -2.26. The van der Waals surface area contributed by atoms with Gasteiger partial charge in [-0.2, -0.15) is 0 Å². The molecule has 0 atom stereocenters. The number of fused-ring (bicyclic) bond motifs is 5. The van der Waals surface area contributed by atoms with E-state index in [1.165, 1.54) is 10.9 Å². The molecule has 0 N–H and O–H groups in total.